The van der Waals surface area contributed by atoms with E-state index in [1.54, 1.807) is 0 Å². The molecule has 1 saturated heterocycles. The lowest BCUT2D eigenvalue weighted by molar-refractivity contribution is -0.122. The van der Waals surface area contributed by atoms with E-state index in [4.69, 9.17) is 0 Å². The van der Waals surface area contributed by atoms with Gasteiger partial charge < -0.3 is 5.32 Å². The Bertz CT molecular complexity index is 873. The lowest BCUT2D eigenvalue weighted by Crippen LogP contribution is -2.35. The summed E-state index contributed by atoms with van der Waals surface area (Å²) in [5.41, 5.74) is 4.46. The zero-order valence-corrected chi connectivity index (χ0v) is 18.7. The van der Waals surface area contributed by atoms with Crippen LogP contribution in [0, 0.1) is 13.8 Å². The number of hydrogen-bond acceptors (Lipinski definition) is 5. The molecule has 0 unspecified atom stereocenters. The third kappa shape index (κ3) is 5.92. The number of nitrogens with one attached hydrogen (secondary N) is 1. The fourth-order valence-electron chi connectivity index (χ4n) is 4.37. The molecular formula is C21H34N4O3S. The Labute approximate surface area is 174 Å². The maximum atomic E-state index is 12.3. The predicted octanol–water partition coefficient (Wildman–Crippen LogP) is 2.30. The van der Waals surface area contributed by atoms with Crippen molar-refractivity contribution in [1.82, 2.24) is 20.0 Å². The Morgan fingerprint density at radius 1 is 1.34 bits per heavy atom. The second-order valence-electron chi connectivity index (χ2n) is 8.53. The number of nitrogens with zero attached hydrogens (tertiary/aromatic N) is 3. The number of carbonyl (C=O) groups excluding carboxylic acids is 1. The van der Waals surface area contributed by atoms with Crippen LogP contribution in [0.3, 0.4) is 0 Å². The molecule has 1 aromatic rings. The third-order valence-electron chi connectivity index (χ3n) is 6.02. The zero-order valence-electron chi connectivity index (χ0n) is 17.9. The number of amides is 1. The Morgan fingerprint density at radius 2 is 2.14 bits per heavy atom. The van der Waals surface area contributed by atoms with Crippen LogP contribution in [-0.2, 0) is 21.2 Å². The van der Waals surface area contributed by atoms with Crippen LogP contribution in [0.1, 0.15) is 61.5 Å². The summed E-state index contributed by atoms with van der Waals surface area (Å²) < 4.78 is 25.5. The second kappa shape index (κ2) is 9.43. The fraction of sp³-hybridized carbons (Fsp3) is 0.714. The Morgan fingerprint density at radius 3 is 2.79 bits per heavy atom. The molecule has 0 saturated carbocycles. The molecule has 1 atom stereocenters. The molecule has 162 valence electrons. The standard InChI is InChI=1S/C21H34N4O3S/c1-16-20(17(2)25(23-16)19-10-12-29(27,28)15-19)13-24(3)14-21(26)22-11-9-18-7-5-4-6-8-18/h7,19H,4-6,8-15H2,1-3H3,(H,22,26)/t19-/m0/s1. The van der Waals surface area contributed by atoms with E-state index in [-0.39, 0.29) is 23.5 Å². The summed E-state index contributed by atoms with van der Waals surface area (Å²) in [5, 5.41) is 7.64. The minimum atomic E-state index is -2.95. The highest BCUT2D eigenvalue weighted by molar-refractivity contribution is 7.91. The Kier molecular flexibility index (Phi) is 7.16. The number of aryl methyl sites for hydroxylation is 1. The lowest BCUT2D eigenvalue weighted by atomic mass is 9.97. The van der Waals surface area contributed by atoms with Crippen molar-refractivity contribution in [2.24, 2.45) is 0 Å². The monoisotopic (exact) mass is 422 g/mol. The largest absolute Gasteiger partial charge is 0.355 e. The number of rotatable bonds is 8. The number of hydrogen-bond donors (Lipinski definition) is 1. The zero-order chi connectivity index (χ0) is 21.0. The van der Waals surface area contributed by atoms with Crippen molar-refractivity contribution in [2.75, 3.05) is 31.6 Å². The maximum Gasteiger partial charge on any atom is 0.234 e. The average molecular weight is 423 g/mol. The average Bonchev–Trinajstić information content (AvgIpc) is 3.16. The predicted molar refractivity (Wildman–Crippen MR) is 115 cm³/mol. The van der Waals surface area contributed by atoms with E-state index in [1.807, 2.05) is 30.5 Å². The maximum absolute atomic E-state index is 12.3. The number of sulfone groups is 1. The highest BCUT2D eigenvalue weighted by Gasteiger charge is 2.31. The van der Waals surface area contributed by atoms with Crippen molar-refractivity contribution < 1.29 is 13.2 Å². The van der Waals surface area contributed by atoms with E-state index in [0.717, 1.165) is 23.4 Å². The van der Waals surface area contributed by atoms with Crippen molar-refractivity contribution in [2.45, 2.75) is 65.0 Å². The van der Waals surface area contributed by atoms with Crippen molar-refractivity contribution in [3.8, 4) is 0 Å². The smallest absolute Gasteiger partial charge is 0.234 e. The van der Waals surface area contributed by atoms with Crippen LogP contribution >= 0.6 is 0 Å². The molecule has 7 nitrogen and oxygen atoms in total. The van der Waals surface area contributed by atoms with Gasteiger partial charge in [-0.05, 0) is 59.4 Å². The van der Waals surface area contributed by atoms with Gasteiger partial charge in [0.25, 0.3) is 0 Å². The minimum absolute atomic E-state index is 0.0356. The van der Waals surface area contributed by atoms with Gasteiger partial charge >= 0.3 is 0 Å². The topological polar surface area (TPSA) is 84.3 Å². The van der Waals surface area contributed by atoms with Crippen LogP contribution in [-0.4, -0.2) is 60.6 Å². The summed E-state index contributed by atoms with van der Waals surface area (Å²) in [7, 11) is -1.02. The molecule has 1 aliphatic carbocycles. The number of likely N-dealkylation sites (N-methyl/N-ethyl adjacent to an activating group) is 1. The molecule has 1 N–H and O–H groups in total. The van der Waals surface area contributed by atoms with Crippen molar-refractivity contribution in [3.05, 3.63) is 28.6 Å². The van der Waals surface area contributed by atoms with Crippen LogP contribution in [0.15, 0.2) is 11.6 Å². The summed E-state index contributed by atoms with van der Waals surface area (Å²) in [6.45, 7) is 5.60. The van der Waals surface area contributed by atoms with Gasteiger partial charge in [-0.2, -0.15) is 5.10 Å². The molecule has 0 bridgehead atoms. The Balaban J connectivity index is 1.50. The van der Waals surface area contributed by atoms with Crippen LogP contribution in [0.4, 0.5) is 0 Å². The van der Waals surface area contributed by atoms with Crippen LogP contribution < -0.4 is 5.32 Å². The van der Waals surface area contributed by atoms with E-state index < -0.39 is 9.84 Å². The molecule has 3 rings (SSSR count). The quantitative estimate of drug-likeness (QED) is 0.650. The molecule has 1 aromatic heterocycles. The normalized spacial score (nSPS) is 21.4. The molecule has 1 amide bonds. The fourth-order valence-corrected chi connectivity index (χ4v) is 6.06. The molecular weight excluding hydrogens is 388 g/mol. The molecule has 2 heterocycles. The molecule has 8 heteroatoms. The highest BCUT2D eigenvalue weighted by atomic mass is 32.2. The SMILES string of the molecule is Cc1nn([C@H]2CCS(=O)(=O)C2)c(C)c1CN(C)CC(=O)NCCC1=CCCCC1. The van der Waals surface area contributed by atoms with E-state index in [2.05, 4.69) is 16.5 Å². The van der Waals surface area contributed by atoms with Crippen molar-refractivity contribution in [3.63, 3.8) is 0 Å². The van der Waals surface area contributed by atoms with Crippen LogP contribution in [0.25, 0.3) is 0 Å². The van der Waals surface area contributed by atoms with Gasteiger partial charge in [-0.1, -0.05) is 11.6 Å². The van der Waals surface area contributed by atoms with Crippen molar-refractivity contribution >= 4 is 15.7 Å². The lowest BCUT2D eigenvalue weighted by Gasteiger charge is -2.18. The van der Waals surface area contributed by atoms with Gasteiger partial charge in [-0.3, -0.25) is 14.4 Å². The van der Waals surface area contributed by atoms with Gasteiger partial charge in [-0.15, -0.1) is 0 Å². The Hall–Kier alpha value is -1.67. The first-order chi connectivity index (χ1) is 13.7. The van der Waals surface area contributed by atoms with Crippen molar-refractivity contribution in [1.29, 1.82) is 0 Å². The van der Waals surface area contributed by atoms with E-state index in [0.29, 0.717) is 26.1 Å². The van der Waals surface area contributed by atoms with Gasteiger partial charge in [0, 0.05) is 24.3 Å². The molecule has 0 aromatic carbocycles. The number of allylic oxidation sites excluding steroid dienone is 1. The molecule has 1 aliphatic heterocycles. The molecule has 0 spiro atoms. The summed E-state index contributed by atoms with van der Waals surface area (Å²) in [6.07, 6.45) is 8.78. The molecule has 29 heavy (non-hydrogen) atoms. The van der Waals surface area contributed by atoms with Gasteiger partial charge in [0.1, 0.15) is 0 Å². The third-order valence-corrected chi connectivity index (χ3v) is 7.77. The highest BCUT2D eigenvalue weighted by Crippen LogP contribution is 2.27. The van der Waals surface area contributed by atoms with E-state index >= 15 is 0 Å². The van der Waals surface area contributed by atoms with Gasteiger partial charge in [0.2, 0.25) is 5.91 Å². The first kappa shape index (κ1) is 22.0. The van der Waals surface area contributed by atoms with Crippen LogP contribution in [0.2, 0.25) is 0 Å². The second-order valence-corrected chi connectivity index (χ2v) is 10.8. The first-order valence-corrected chi connectivity index (χ1v) is 12.5. The molecule has 2 aliphatic rings. The van der Waals surface area contributed by atoms with Gasteiger partial charge in [0.15, 0.2) is 9.84 Å². The molecule has 0 radical (unpaired) electrons. The van der Waals surface area contributed by atoms with Gasteiger partial charge in [0.05, 0.1) is 29.8 Å². The summed E-state index contributed by atoms with van der Waals surface area (Å²) in [5.74, 6) is 0.444. The minimum Gasteiger partial charge on any atom is -0.355 e. The molecule has 1 fully saturated rings. The van der Waals surface area contributed by atoms with E-state index in [9.17, 15) is 13.2 Å². The van der Waals surface area contributed by atoms with E-state index in [1.165, 1.54) is 31.3 Å². The van der Waals surface area contributed by atoms with Crippen LogP contribution in [0.5, 0.6) is 0 Å². The summed E-state index contributed by atoms with van der Waals surface area (Å²) in [6, 6.07) is -0.0739. The number of carbonyl (C=O) groups is 1. The summed E-state index contributed by atoms with van der Waals surface area (Å²) >= 11 is 0. The first-order valence-electron chi connectivity index (χ1n) is 10.6. The van der Waals surface area contributed by atoms with Gasteiger partial charge in [-0.25, -0.2) is 8.42 Å². The number of aromatic nitrogens is 2. The summed E-state index contributed by atoms with van der Waals surface area (Å²) in [4.78, 5) is 14.3.